The molecule has 3 atom stereocenters. The zero-order valence-corrected chi connectivity index (χ0v) is 18.6. The largest absolute Gasteiger partial charge is 0.364 e. The average molecular weight is 429 g/mol. The monoisotopic (exact) mass is 428 g/mol. The Morgan fingerprint density at radius 3 is 2.73 bits per heavy atom. The number of nitrogens with one attached hydrogen (secondary N) is 1. The maximum atomic E-state index is 13.2. The zero-order chi connectivity index (χ0) is 21.6. The number of amides is 3. The van der Waals surface area contributed by atoms with Gasteiger partial charge in [-0.2, -0.15) is 5.10 Å². The van der Waals surface area contributed by atoms with Crippen molar-refractivity contribution in [3.05, 3.63) is 24.0 Å². The van der Waals surface area contributed by atoms with Gasteiger partial charge in [0.25, 0.3) is 5.91 Å². The molecule has 9 nitrogen and oxygen atoms in total. The van der Waals surface area contributed by atoms with E-state index >= 15 is 0 Å². The molecule has 1 aliphatic heterocycles. The molecule has 0 spiro atoms. The molecular weight excluding hydrogens is 400 g/mol. The predicted octanol–water partition coefficient (Wildman–Crippen LogP) is 0.974. The molecule has 10 heteroatoms. The zero-order valence-electron chi connectivity index (χ0n) is 17.6. The first-order chi connectivity index (χ1) is 14.2. The van der Waals surface area contributed by atoms with Gasteiger partial charge in [-0.05, 0) is 36.9 Å². The van der Waals surface area contributed by atoms with Gasteiger partial charge in [0, 0.05) is 26.9 Å². The van der Waals surface area contributed by atoms with Crippen LogP contribution in [0, 0.1) is 5.92 Å². The van der Waals surface area contributed by atoms with Gasteiger partial charge in [-0.3, -0.25) is 14.4 Å². The highest BCUT2D eigenvalue weighted by Gasteiger charge is 2.55. The molecule has 2 fully saturated rings. The van der Waals surface area contributed by atoms with Crippen LogP contribution in [-0.2, 0) is 16.1 Å². The lowest BCUT2D eigenvalue weighted by atomic mass is 10.1. The standard InChI is InChI=1S/C20H28N6O3Si/c1-30(2,3)8-7-23-20(29)15-10-12-9-14(12)26(15)16(27)11-25-19-13(5-4-6-22-19)17(24-25)18(21)28/h4-6,12,14-15H,7-11H2,1-3H3,(H2,21,28)(H,23,29)/t12-,14-,15+/m1/s1. The predicted molar refractivity (Wildman–Crippen MR) is 114 cm³/mol. The third kappa shape index (κ3) is 3.96. The van der Waals surface area contributed by atoms with E-state index in [1.807, 2.05) is 0 Å². The molecule has 3 heterocycles. The van der Waals surface area contributed by atoms with E-state index in [9.17, 15) is 14.4 Å². The van der Waals surface area contributed by atoms with E-state index < -0.39 is 20.0 Å². The molecule has 0 radical (unpaired) electrons. The highest BCUT2D eigenvalue weighted by molar-refractivity contribution is 6.76. The maximum absolute atomic E-state index is 13.2. The molecule has 0 aromatic carbocycles. The van der Waals surface area contributed by atoms with Crippen LogP contribution in [-0.4, -0.2) is 64.1 Å². The number of nitrogens with two attached hydrogens (primary N) is 1. The minimum Gasteiger partial charge on any atom is -0.364 e. The summed E-state index contributed by atoms with van der Waals surface area (Å²) in [6.45, 7) is 7.37. The van der Waals surface area contributed by atoms with E-state index in [1.165, 1.54) is 4.68 Å². The Bertz CT molecular complexity index is 1010. The molecular formula is C20H28N6O3Si. The number of primary amides is 1. The molecule has 160 valence electrons. The van der Waals surface area contributed by atoms with Gasteiger partial charge in [0.2, 0.25) is 11.8 Å². The summed E-state index contributed by atoms with van der Waals surface area (Å²) in [5, 5.41) is 7.76. The maximum Gasteiger partial charge on any atom is 0.269 e. The van der Waals surface area contributed by atoms with Crippen molar-refractivity contribution >= 4 is 36.8 Å². The number of rotatable bonds is 7. The van der Waals surface area contributed by atoms with Crippen molar-refractivity contribution in [2.24, 2.45) is 11.7 Å². The van der Waals surface area contributed by atoms with Crippen molar-refractivity contribution in [3.63, 3.8) is 0 Å². The second kappa shape index (κ2) is 7.49. The number of nitrogens with zero attached hydrogens (tertiary/aromatic N) is 4. The number of pyridine rings is 1. The third-order valence-corrected chi connectivity index (χ3v) is 7.64. The number of fused-ring (bicyclic) bond motifs is 2. The summed E-state index contributed by atoms with van der Waals surface area (Å²) in [5.41, 5.74) is 5.95. The van der Waals surface area contributed by atoms with E-state index in [0.29, 0.717) is 29.9 Å². The average Bonchev–Trinajstić information content (AvgIpc) is 3.17. The minimum atomic E-state index is -1.24. The van der Waals surface area contributed by atoms with Crippen molar-refractivity contribution in [2.75, 3.05) is 6.54 Å². The molecule has 3 amide bonds. The van der Waals surface area contributed by atoms with E-state index in [2.05, 4.69) is 35.0 Å². The number of carbonyl (C=O) groups is 3. The first-order valence-corrected chi connectivity index (χ1v) is 14.1. The van der Waals surface area contributed by atoms with Crippen LogP contribution in [0.4, 0.5) is 0 Å². The smallest absolute Gasteiger partial charge is 0.269 e. The van der Waals surface area contributed by atoms with Crippen LogP contribution in [0.3, 0.4) is 0 Å². The van der Waals surface area contributed by atoms with Crippen LogP contribution in [0.15, 0.2) is 18.3 Å². The van der Waals surface area contributed by atoms with Gasteiger partial charge in [0.1, 0.15) is 12.6 Å². The molecule has 2 aliphatic rings. The van der Waals surface area contributed by atoms with Crippen LogP contribution < -0.4 is 11.1 Å². The molecule has 1 saturated carbocycles. The Kier molecular flexibility index (Phi) is 5.13. The van der Waals surface area contributed by atoms with Crippen molar-refractivity contribution < 1.29 is 14.4 Å². The fraction of sp³-hybridized carbons (Fsp3) is 0.550. The van der Waals surface area contributed by atoms with Crippen molar-refractivity contribution in [2.45, 2.75) is 57.2 Å². The normalized spacial score (nSPS) is 22.8. The fourth-order valence-electron chi connectivity index (χ4n) is 4.24. The van der Waals surface area contributed by atoms with Gasteiger partial charge in [-0.25, -0.2) is 9.67 Å². The molecule has 3 N–H and O–H groups in total. The lowest BCUT2D eigenvalue weighted by Gasteiger charge is -2.27. The molecule has 1 saturated heterocycles. The Hall–Kier alpha value is -2.75. The van der Waals surface area contributed by atoms with Crippen molar-refractivity contribution in [3.8, 4) is 0 Å². The summed E-state index contributed by atoms with van der Waals surface area (Å²) in [4.78, 5) is 43.6. The van der Waals surface area contributed by atoms with E-state index in [0.717, 1.165) is 12.5 Å². The topological polar surface area (TPSA) is 123 Å². The number of piperidine rings is 1. The van der Waals surface area contributed by atoms with Gasteiger partial charge in [-0.15, -0.1) is 0 Å². The van der Waals surface area contributed by atoms with Crippen LogP contribution in [0.2, 0.25) is 25.7 Å². The van der Waals surface area contributed by atoms with Gasteiger partial charge >= 0.3 is 0 Å². The third-order valence-electron chi connectivity index (χ3n) is 5.89. The Morgan fingerprint density at radius 1 is 1.27 bits per heavy atom. The molecule has 2 aromatic heterocycles. The quantitative estimate of drug-likeness (QED) is 0.636. The first-order valence-electron chi connectivity index (χ1n) is 10.4. The second-order valence-corrected chi connectivity index (χ2v) is 15.1. The number of carbonyl (C=O) groups excluding carboxylic acids is 3. The Balaban J connectivity index is 1.49. The summed E-state index contributed by atoms with van der Waals surface area (Å²) in [5.74, 6) is -0.524. The molecule has 0 unspecified atom stereocenters. The summed E-state index contributed by atoms with van der Waals surface area (Å²) >= 11 is 0. The van der Waals surface area contributed by atoms with Crippen molar-refractivity contribution in [1.82, 2.24) is 25.0 Å². The highest BCUT2D eigenvalue weighted by Crippen LogP contribution is 2.48. The summed E-state index contributed by atoms with van der Waals surface area (Å²) in [6, 6.07) is 4.09. The number of likely N-dealkylation sites (tertiary alicyclic amines) is 1. The minimum absolute atomic E-state index is 0.0740. The highest BCUT2D eigenvalue weighted by atomic mass is 28.3. The van der Waals surface area contributed by atoms with Crippen LogP contribution in [0.1, 0.15) is 23.3 Å². The van der Waals surface area contributed by atoms with Gasteiger partial charge in [-0.1, -0.05) is 19.6 Å². The number of aromatic nitrogens is 3. The molecule has 1 aliphatic carbocycles. The molecule has 0 bridgehead atoms. The number of hydrogen-bond donors (Lipinski definition) is 2. The SMILES string of the molecule is C[Si](C)(C)CCNC(=O)[C@@H]1C[C@H]2C[C@H]2N1C(=O)Cn1nc(C(N)=O)c2cccnc21. The van der Waals surface area contributed by atoms with E-state index in [4.69, 9.17) is 5.73 Å². The van der Waals surface area contributed by atoms with Gasteiger partial charge < -0.3 is 16.0 Å². The first kappa shape index (κ1) is 20.5. The van der Waals surface area contributed by atoms with Crippen LogP contribution in [0.25, 0.3) is 11.0 Å². The molecule has 2 aromatic rings. The van der Waals surface area contributed by atoms with Gasteiger partial charge in [0.05, 0.1) is 5.39 Å². The summed E-state index contributed by atoms with van der Waals surface area (Å²) in [6.07, 6.45) is 3.23. The van der Waals surface area contributed by atoms with Crippen LogP contribution >= 0.6 is 0 Å². The van der Waals surface area contributed by atoms with Gasteiger partial charge in [0.15, 0.2) is 11.3 Å². The Morgan fingerprint density at radius 2 is 2.03 bits per heavy atom. The fourth-order valence-corrected chi connectivity index (χ4v) is 5.11. The summed E-state index contributed by atoms with van der Waals surface area (Å²) < 4.78 is 1.41. The second-order valence-electron chi connectivity index (χ2n) is 9.46. The van der Waals surface area contributed by atoms with Crippen LogP contribution in [0.5, 0.6) is 0 Å². The van der Waals surface area contributed by atoms with E-state index in [-0.39, 0.29) is 30.1 Å². The lowest BCUT2D eigenvalue weighted by molar-refractivity contribution is -0.140. The lowest BCUT2D eigenvalue weighted by Crippen LogP contribution is -2.49. The molecule has 4 rings (SSSR count). The van der Waals surface area contributed by atoms with E-state index in [1.54, 1.807) is 23.2 Å². The van der Waals surface area contributed by atoms with Crippen molar-refractivity contribution in [1.29, 1.82) is 0 Å². The number of hydrogen-bond acceptors (Lipinski definition) is 5. The molecule has 30 heavy (non-hydrogen) atoms. The summed E-state index contributed by atoms with van der Waals surface area (Å²) in [7, 11) is -1.24. The Labute approximate surface area is 176 Å².